The molecule has 1 aromatic heterocycles. The van der Waals surface area contributed by atoms with E-state index in [-0.39, 0.29) is 36.1 Å². The van der Waals surface area contributed by atoms with E-state index < -0.39 is 48.2 Å². The van der Waals surface area contributed by atoms with Crippen molar-refractivity contribution in [2.75, 3.05) is 19.9 Å². The van der Waals surface area contributed by atoms with E-state index in [2.05, 4.69) is 26.2 Å². The van der Waals surface area contributed by atoms with Crippen LogP contribution in [0.2, 0.25) is 0 Å². The van der Waals surface area contributed by atoms with Crippen LogP contribution in [0.3, 0.4) is 0 Å². The second kappa shape index (κ2) is 12.4. The molecule has 1 N–H and O–H groups in total. The van der Waals surface area contributed by atoms with Gasteiger partial charge in [-0.05, 0) is 71.6 Å². The fraction of sp³-hybridized carbons (Fsp3) is 0.556. The standard InChI is InChI=1S/C27H34BrF2N3O6/c1-6-37-23(34)21-22(24(35)38-7-2)33(20(31-21)12-16-8-9-16)15-27(14-29,32-25(36)39-26(3,4)5)18-13-17(28)10-11-19(18)30/h10-11,13,16H,6-9,12,14-15H2,1-5H3,(H,32,36). The van der Waals surface area contributed by atoms with Gasteiger partial charge < -0.3 is 24.1 Å². The van der Waals surface area contributed by atoms with Crippen molar-refractivity contribution in [3.63, 3.8) is 0 Å². The van der Waals surface area contributed by atoms with E-state index >= 15 is 8.78 Å². The van der Waals surface area contributed by atoms with Crippen LogP contribution in [0.15, 0.2) is 22.7 Å². The molecule has 9 nitrogen and oxygen atoms in total. The molecule has 1 amide bonds. The molecule has 0 radical (unpaired) electrons. The molecule has 12 heteroatoms. The van der Waals surface area contributed by atoms with E-state index in [4.69, 9.17) is 14.2 Å². The zero-order valence-electron chi connectivity index (χ0n) is 22.7. The van der Waals surface area contributed by atoms with Crippen LogP contribution < -0.4 is 5.32 Å². The fourth-order valence-electron chi connectivity index (χ4n) is 4.13. The van der Waals surface area contributed by atoms with Gasteiger partial charge in [-0.15, -0.1) is 0 Å². The maximum Gasteiger partial charge on any atom is 0.408 e. The summed E-state index contributed by atoms with van der Waals surface area (Å²) in [4.78, 5) is 43.4. The van der Waals surface area contributed by atoms with Gasteiger partial charge in [-0.1, -0.05) is 15.9 Å². The number of carbonyl (C=O) groups is 3. The molecule has 0 spiro atoms. The number of alkyl halides is 1. The topological polar surface area (TPSA) is 109 Å². The number of hydrogen-bond acceptors (Lipinski definition) is 7. The van der Waals surface area contributed by atoms with Crippen molar-refractivity contribution in [1.82, 2.24) is 14.9 Å². The molecular weight excluding hydrogens is 580 g/mol. The first-order valence-electron chi connectivity index (χ1n) is 12.8. The molecule has 1 saturated carbocycles. The number of nitrogens with zero attached hydrogens (tertiary/aromatic N) is 2. The van der Waals surface area contributed by atoms with Crippen molar-refractivity contribution in [2.24, 2.45) is 5.92 Å². The van der Waals surface area contributed by atoms with Crippen molar-refractivity contribution < 1.29 is 37.4 Å². The Morgan fingerprint density at radius 3 is 2.33 bits per heavy atom. The van der Waals surface area contributed by atoms with Gasteiger partial charge in [-0.3, -0.25) is 0 Å². The minimum atomic E-state index is -2.05. The molecule has 1 aliphatic carbocycles. The highest BCUT2D eigenvalue weighted by Gasteiger charge is 2.42. The number of benzene rings is 1. The molecule has 0 aliphatic heterocycles. The summed E-state index contributed by atoms with van der Waals surface area (Å²) in [5, 5.41) is 2.51. The maximum absolute atomic E-state index is 15.3. The van der Waals surface area contributed by atoms with Crippen molar-refractivity contribution in [3.05, 3.63) is 51.3 Å². The Balaban J connectivity index is 2.25. The minimum Gasteiger partial charge on any atom is -0.461 e. The summed E-state index contributed by atoms with van der Waals surface area (Å²) in [5.41, 5.74) is -3.72. The van der Waals surface area contributed by atoms with Crippen molar-refractivity contribution in [2.45, 2.75) is 71.6 Å². The Morgan fingerprint density at radius 2 is 1.77 bits per heavy atom. The average molecular weight is 614 g/mol. The first kappa shape index (κ1) is 30.5. The lowest BCUT2D eigenvalue weighted by Crippen LogP contribution is -2.53. The second-order valence-electron chi connectivity index (χ2n) is 10.4. The molecule has 214 valence electrons. The van der Waals surface area contributed by atoms with E-state index in [1.807, 2.05) is 0 Å². The number of imidazole rings is 1. The molecule has 1 heterocycles. The van der Waals surface area contributed by atoms with Crippen LogP contribution in [0.4, 0.5) is 13.6 Å². The molecule has 0 saturated heterocycles. The number of rotatable bonds is 11. The van der Waals surface area contributed by atoms with Crippen molar-refractivity contribution in [1.29, 1.82) is 0 Å². The number of ether oxygens (including phenoxy) is 3. The Morgan fingerprint density at radius 1 is 1.13 bits per heavy atom. The normalized spacial score (nSPS) is 14.9. The average Bonchev–Trinajstić information content (AvgIpc) is 3.59. The number of carbonyl (C=O) groups excluding carboxylic acids is 3. The predicted molar refractivity (Wildman–Crippen MR) is 142 cm³/mol. The second-order valence-corrected chi connectivity index (χ2v) is 11.3. The smallest absolute Gasteiger partial charge is 0.408 e. The number of halogens is 3. The van der Waals surface area contributed by atoms with Gasteiger partial charge in [0.25, 0.3) is 0 Å². The number of esters is 2. The van der Waals surface area contributed by atoms with Gasteiger partial charge in [0, 0.05) is 16.5 Å². The van der Waals surface area contributed by atoms with Crippen LogP contribution in [-0.2, 0) is 32.7 Å². The highest BCUT2D eigenvalue weighted by atomic mass is 79.9. The molecule has 1 aromatic carbocycles. The molecule has 1 aliphatic rings. The van der Waals surface area contributed by atoms with Gasteiger partial charge >= 0.3 is 18.0 Å². The quantitative estimate of drug-likeness (QED) is 0.264. The summed E-state index contributed by atoms with van der Waals surface area (Å²) < 4.78 is 48.1. The first-order valence-corrected chi connectivity index (χ1v) is 13.6. The number of amides is 1. The van der Waals surface area contributed by atoms with Crippen LogP contribution in [0.25, 0.3) is 0 Å². The minimum absolute atomic E-state index is 0.00505. The third kappa shape index (κ3) is 7.55. The molecule has 2 aromatic rings. The van der Waals surface area contributed by atoms with Gasteiger partial charge in [0.15, 0.2) is 11.4 Å². The van der Waals surface area contributed by atoms with Crippen molar-refractivity contribution >= 4 is 34.0 Å². The summed E-state index contributed by atoms with van der Waals surface area (Å²) in [6.07, 6.45) is 1.22. The number of nitrogens with one attached hydrogen (secondary N) is 1. The molecule has 1 unspecified atom stereocenters. The van der Waals surface area contributed by atoms with E-state index in [0.29, 0.717) is 16.7 Å². The summed E-state index contributed by atoms with van der Waals surface area (Å²) in [5.74, 6) is -1.98. The SMILES string of the molecule is CCOC(=O)c1nc(CC2CC2)n(CC(CF)(NC(=O)OC(C)(C)C)c2cc(Br)ccc2F)c1C(=O)OCC. The third-order valence-corrected chi connectivity index (χ3v) is 6.49. The zero-order chi connectivity index (χ0) is 29.0. The lowest BCUT2D eigenvalue weighted by Gasteiger charge is -2.35. The van der Waals surface area contributed by atoms with Gasteiger partial charge in [0.2, 0.25) is 0 Å². The van der Waals surface area contributed by atoms with Gasteiger partial charge in [-0.2, -0.15) is 0 Å². The largest absolute Gasteiger partial charge is 0.461 e. The molecular formula is C27H34BrF2N3O6. The lowest BCUT2D eigenvalue weighted by molar-refractivity contribution is 0.0401. The maximum atomic E-state index is 15.3. The Hall–Kier alpha value is -3.02. The molecule has 1 atom stereocenters. The predicted octanol–water partition coefficient (Wildman–Crippen LogP) is 5.48. The van der Waals surface area contributed by atoms with Crippen LogP contribution >= 0.6 is 15.9 Å². The number of hydrogen-bond donors (Lipinski definition) is 1. The van der Waals surface area contributed by atoms with Crippen LogP contribution in [0.5, 0.6) is 0 Å². The number of aromatic nitrogens is 2. The van der Waals surface area contributed by atoms with E-state index in [1.54, 1.807) is 34.6 Å². The van der Waals surface area contributed by atoms with Crippen molar-refractivity contribution in [3.8, 4) is 0 Å². The summed E-state index contributed by atoms with van der Waals surface area (Å²) >= 11 is 3.29. The van der Waals surface area contributed by atoms with Gasteiger partial charge in [0.05, 0.1) is 19.8 Å². The fourth-order valence-corrected chi connectivity index (χ4v) is 4.49. The first-order chi connectivity index (χ1) is 18.3. The zero-order valence-corrected chi connectivity index (χ0v) is 24.3. The van der Waals surface area contributed by atoms with E-state index in [0.717, 1.165) is 18.9 Å². The molecule has 3 rings (SSSR count). The van der Waals surface area contributed by atoms with E-state index in [1.165, 1.54) is 16.7 Å². The van der Waals surface area contributed by atoms with E-state index in [9.17, 15) is 14.4 Å². The highest BCUT2D eigenvalue weighted by molar-refractivity contribution is 9.10. The highest BCUT2D eigenvalue weighted by Crippen LogP contribution is 2.36. The Labute approximate surface area is 234 Å². The lowest BCUT2D eigenvalue weighted by atomic mass is 9.90. The summed E-state index contributed by atoms with van der Waals surface area (Å²) in [7, 11) is 0. The molecule has 39 heavy (non-hydrogen) atoms. The van der Waals surface area contributed by atoms with Crippen LogP contribution in [-0.4, -0.2) is 53.1 Å². The van der Waals surface area contributed by atoms with Gasteiger partial charge in [-0.25, -0.2) is 28.1 Å². The summed E-state index contributed by atoms with van der Waals surface area (Å²) in [6.45, 7) is 6.38. The third-order valence-electron chi connectivity index (χ3n) is 5.99. The van der Waals surface area contributed by atoms with Gasteiger partial charge in [0.1, 0.15) is 29.5 Å². The molecule has 0 bridgehead atoms. The monoisotopic (exact) mass is 613 g/mol. The number of alkyl carbamates (subject to hydrolysis) is 1. The Kier molecular flexibility index (Phi) is 9.74. The van der Waals surface area contributed by atoms with Crippen LogP contribution in [0, 0.1) is 11.7 Å². The Bertz CT molecular complexity index is 1220. The molecule has 1 fully saturated rings. The summed E-state index contributed by atoms with van der Waals surface area (Å²) in [6, 6.07) is 3.92. The van der Waals surface area contributed by atoms with Crippen LogP contribution in [0.1, 0.15) is 79.8 Å².